The number of hydrogen-bond donors (Lipinski definition) is 1. The fraction of sp³-hybridized carbons (Fsp3) is 0.647. The first kappa shape index (κ1) is 18.3. The maximum Gasteiger partial charge on any atom is 0.0577 e. The lowest BCUT2D eigenvalue weighted by atomic mass is 9.95. The monoisotopic (exact) mass is 311 g/mol. The Hall–Kier alpha value is -0.710. The van der Waals surface area contributed by atoms with Crippen molar-refractivity contribution in [2.24, 2.45) is 0 Å². The molecule has 0 aliphatic heterocycles. The summed E-state index contributed by atoms with van der Waals surface area (Å²) in [7, 11) is 0.788. The van der Waals surface area contributed by atoms with Crippen molar-refractivity contribution < 1.29 is 8.95 Å². The van der Waals surface area contributed by atoms with Crippen LogP contribution in [-0.4, -0.2) is 36.0 Å². The topological polar surface area (TPSA) is 38.3 Å². The smallest absolute Gasteiger partial charge is 0.0577 e. The molecule has 0 radical (unpaired) electrons. The van der Waals surface area contributed by atoms with E-state index in [2.05, 4.69) is 45.1 Å². The molecule has 21 heavy (non-hydrogen) atoms. The largest absolute Gasteiger partial charge is 0.384 e. The Kier molecular flexibility index (Phi) is 8.15. The molecule has 2 atom stereocenters. The molecule has 0 aliphatic carbocycles. The summed E-state index contributed by atoms with van der Waals surface area (Å²) in [4.78, 5) is 0. The van der Waals surface area contributed by atoms with Crippen LogP contribution in [0, 0.1) is 20.8 Å². The fourth-order valence-corrected chi connectivity index (χ4v) is 3.92. The number of ether oxygens (including phenoxy) is 1. The van der Waals surface area contributed by atoms with Crippen molar-refractivity contribution in [3.8, 4) is 0 Å². The van der Waals surface area contributed by atoms with Crippen LogP contribution in [0.4, 0.5) is 0 Å². The van der Waals surface area contributed by atoms with Gasteiger partial charge < -0.3 is 10.1 Å². The Morgan fingerprint density at radius 1 is 1.24 bits per heavy atom. The first-order valence-corrected chi connectivity index (χ1v) is 9.13. The van der Waals surface area contributed by atoms with E-state index in [0.717, 1.165) is 13.0 Å². The van der Waals surface area contributed by atoms with Crippen molar-refractivity contribution >= 4 is 10.8 Å². The molecule has 1 rings (SSSR count). The van der Waals surface area contributed by atoms with Crippen LogP contribution >= 0.6 is 0 Å². The first-order valence-electron chi connectivity index (χ1n) is 7.64. The van der Waals surface area contributed by atoms with E-state index in [4.69, 9.17) is 4.74 Å². The van der Waals surface area contributed by atoms with Gasteiger partial charge in [-0.15, -0.1) is 0 Å². The highest BCUT2D eigenvalue weighted by Gasteiger charge is 2.18. The lowest BCUT2D eigenvalue weighted by Crippen LogP contribution is -2.29. The molecule has 0 heterocycles. The van der Waals surface area contributed by atoms with E-state index in [1.165, 1.54) is 22.3 Å². The molecule has 4 heteroatoms. The second-order valence-corrected chi connectivity index (χ2v) is 7.24. The number of benzene rings is 1. The third-order valence-corrected chi connectivity index (χ3v) is 4.92. The van der Waals surface area contributed by atoms with Gasteiger partial charge in [0.1, 0.15) is 0 Å². The van der Waals surface area contributed by atoms with Crippen molar-refractivity contribution in [3.63, 3.8) is 0 Å². The average Bonchev–Trinajstić information content (AvgIpc) is 2.41. The minimum absolute atomic E-state index is 0.156. The maximum atomic E-state index is 12.2. The number of hydrogen-bond acceptors (Lipinski definition) is 3. The quantitative estimate of drug-likeness (QED) is 0.762. The molecule has 0 saturated heterocycles. The van der Waals surface area contributed by atoms with Gasteiger partial charge >= 0.3 is 0 Å². The minimum Gasteiger partial charge on any atom is -0.384 e. The van der Waals surface area contributed by atoms with Gasteiger partial charge in [-0.2, -0.15) is 0 Å². The van der Waals surface area contributed by atoms with Crippen LogP contribution in [0.25, 0.3) is 0 Å². The Labute approximate surface area is 131 Å². The van der Waals surface area contributed by atoms with Crippen LogP contribution in [0.15, 0.2) is 12.1 Å². The molecule has 1 aromatic rings. The molecule has 0 aliphatic rings. The molecular formula is C17H29NO2S. The van der Waals surface area contributed by atoms with E-state index >= 15 is 0 Å². The van der Waals surface area contributed by atoms with E-state index in [-0.39, 0.29) is 6.04 Å². The zero-order chi connectivity index (χ0) is 15.8. The highest BCUT2D eigenvalue weighted by molar-refractivity contribution is 7.85. The third kappa shape index (κ3) is 5.89. The van der Waals surface area contributed by atoms with E-state index in [1.54, 1.807) is 7.11 Å². The molecule has 0 spiro atoms. The van der Waals surface area contributed by atoms with Crippen LogP contribution in [0.3, 0.4) is 0 Å². The van der Waals surface area contributed by atoms with Crippen molar-refractivity contribution in [2.75, 3.05) is 31.8 Å². The van der Waals surface area contributed by atoms with E-state index in [1.807, 2.05) is 0 Å². The van der Waals surface area contributed by atoms with Gasteiger partial charge in [0.25, 0.3) is 0 Å². The minimum atomic E-state index is -0.863. The van der Waals surface area contributed by atoms with Gasteiger partial charge in [0.15, 0.2) is 0 Å². The molecule has 1 aromatic carbocycles. The highest BCUT2D eigenvalue weighted by atomic mass is 32.2. The molecule has 0 amide bonds. The molecule has 0 saturated carbocycles. The summed E-state index contributed by atoms with van der Waals surface area (Å²) in [5.41, 5.74) is 5.15. The maximum absolute atomic E-state index is 12.2. The van der Waals surface area contributed by atoms with E-state index in [9.17, 15) is 4.21 Å². The van der Waals surface area contributed by atoms with Gasteiger partial charge in [-0.3, -0.25) is 4.21 Å². The fourth-order valence-electron chi connectivity index (χ4n) is 2.75. The average molecular weight is 311 g/mol. The third-order valence-electron chi connectivity index (χ3n) is 3.59. The second kappa shape index (κ2) is 9.34. The summed E-state index contributed by atoms with van der Waals surface area (Å²) in [6, 6.07) is 4.57. The summed E-state index contributed by atoms with van der Waals surface area (Å²) < 4.78 is 17.3. The molecule has 3 nitrogen and oxygen atoms in total. The molecule has 1 N–H and O–H groups in total. The molecule has 120 valence electrons. The zero-order valence-electron chi connectivity index (χ0n) is 14.0. The number of nitrogens with one attached hydrogen (secondary N) is 1. The Bertz CT molecular complexity index is 451. The number of aryl methyl sites for hydroxylation is 3. The summed E-state index contributed by atoms with van der Waals surface area (Å²) in [6.45, 7) is 10.1. The first-order chi connectivity index (χ1) is 9.99. The van der Waals surface area contributed by atoms with Gasteiger partial charge in [-0.05, 0) is 50.4 Å². The van der Waals surface area contributed by atoms with Crippen molar-refractivity contribution in [1.82, 2.24) is 5.32 Å². The van der Waals surface area contributed by atoms with Gasteiger partial charge in [0.2, 0.25) is 0 Å². The Balaban J connectivity index is 2.94. The lowest BCUT2D eigenvalue weighted by Gasteiger charge is -2.23. The SMILES string of the molecule is CCCNC(CS(=O)CCOC)c1c(C)cc(C)cc1C. The van der Waals surface area contributed by atoms with Crippen LogP contribution in [0.1, 0.15) is 41.6 Å². The molecule has 0 bridgehead atoms. The predicted octanol–water partition coefficient (Wildman–Crippen LogP) is 3.05. The summed E-state index contributed by atoms with van der Waals surface area (Å²) in [6.07, 6.45) is 1.07. The van der Waals surface area contributed by atoms with Crippen molar-refractivity contribution in [3.05, 3.63) is 34.4 Å². The van der Waals surface area contributed by atoms with Crippen LogP contribution in [-0.2, 0) is 15.5 Å². The molecular weight excluding hydrogens is 282 g/mol. The second-order valence-electron chi connectivity index (χ2n) is 5.62. The summed E-state index contributed by atoms with van der Waals surface area (Å²) in [5, 5.41) is 3.56. The lowest BCUT2D eigenvalue weighted by molar-refractivity contribution is 0.218. The van der Waals surface area contributed by atoms with E-state index in [0.29, 0.717) is 18.1 Å². The standard InChI is InChI=1S/C17H29NO2S/c1-6-7-18-16(12-21(19)9-8-20-5)17-14(3)10-13(2)11-15(17)4/h10-11,16,18H,6-9,12H2,1-5H3. The van der Waals surface area contributed by atoms with Gasteiger partial charge in [-0.25, -0.2) is 0 Å². The van der Waals surface area contributed by atoms with Crippen LogP contribution in [0.2, 0.25) is 0 Å². The van der Waals surface area contributed by atoms with Crippen molar-refractivity contribution in [2.45, 2.75) is 40.2 Å². The Morgan fingerprint density at radius 3 is 2.38 bits per heavy atom. The summed E-state index contributed by atoms with van der Waals surface area (Å²) >= 11 is 0. The Morgan fingerprint density at radius 2 is 1.86 bits per heavy atom. The van der Waals surface area contributed by atoms with Gasteiger partial charge in [-0.1, -0.05) is 24.6 Å². The number of methoxy groups -OCH3 is 1. The molecule has 0 fully saturated rings. The van der Waals surface area contributed by atoms with Crippen molar-refractivity contribution in [1.29, 1.82) is 0 Å². The summed E-state index contributed by atoms with van der Waals surface area (Å²) in [5.74, 6) is 1.25. The molecule has 0 aromatic heterocycles. The van der Waals surface area contributed by atoms with Gasteiger partial charge in [0.05, 0.1) is 6.61 Å². The van der Waals surface area contributed by atoms with Gasteiger partial charge in [0, 0.05) is 35.5 Å². The molecule has 2 unspecified atom stereocenters. The van der Waals surface area contributed by atoms with Crippen LogP contribution < -0.4 is 5.32 Å². The normalized spacial score (nSPS) is 14.1. The zero-order valence-corrected chi connectivity index (χ0v) is 14.8. The number of rotatable bonds is 9. The predicted molar refractivity (Wildman–Crippen MR) is 91.4 cm³/mol. The van der Waals surface area contributed by atoms with E-state index < -0.39 is 10.8 Å². The van der Waals surface area contributed by atoms with Crippen LogP contribution in [0.5, 0.6) is 0 Å². The highest BCUT2D eigenvalue weighted by Crippen LogP contribution is 2.24.